The van der Waals surface area contributed by atoms with Gasteiger partial charge in [0.15, 0.2) is 0 Å². The Morgan fingerprint density at radius 3 is 2.05 bits per heavy atom. The quantitative estimate of drug-likeness (QED) is 0.152. The molecule has 58 heavy (non-hydrogen) atoms. The second-order valence-corrected chi connectivity index (χ2v) is 15.4. The van der Waals surface area contributed by atoms with Gasteiger partial charge in [0.1, 0.15) is 23.7 Å². The highest BCUT2D eigenvalue weighted by molar-refractivity contribution is 5.87. The molecule has 3 aromatic rings. The van der Waals surface area contributed by atoms with Crippen LogP contribution >= 0.6 is 0 Å². The average molecular weight is 809 g/mol. The van der Waals surface area contributed by atoms with Gasteiger partial charge < -0.3 is 39.9 Å². The van der Waals surface area contributed by atoms with Gasteiger partial charge in [0.05, 0.1) is 38.2 Å². The molecule has 4 N–H and O–H groups in total. The molecule has 1 aliphatic carbocycles. The first-order valence-corrected chi connectivity index (χ1v) is 19.6. The fraction of sp³-hybridized carbons (Fsp3) is 0.512. The molecule has 2 saturated heterocycles. The van der Waals surface area contributed by atoms with Crippen molar-refractivity contribution in [3.05, 3.63) is 77.8 Å². The van der Waals surface area contributed by atoms with Gasteiger partial charge in [0.2, 0.25) is 11.8 Å². The lowest BCUT2D eigenvalue weighted by Gasteiger charge is -2.30. The molecule has 312 valence electrons. The summed E-state index contributed by atoms with van der Waals surface area (Å²) < 4.78 is 48.5. The normalized spacial score (nSPS) is 21.8. The van der Waals surface area contributed by atoms with Crippen molar-refractivity contribution in [2.45, 2.75) is 95.6 Å². The van der Waals surface area contributed by atoms with E-state index in [4.69, 9.17) is 4.74 Å². The molecule has 14 nitrogen and oxygen atoms in total. The number of hydrogen-bond donors (Lipinski definition) is 4. The molecular formula is C41H51F3N8O6. The molecule has 4 heterocycles. The van der Waals surface area contributed by atoms with E-state index in [1.54, 1.807) is 17.3 Å². The second kappa shape index (κ2) is 17.9. The number of nitrogens with one attached hydrogen (secondary N) is 4. The van der Waals surface area contributed by atoms with Gasteiger partial charge in [-0.3, -0.25) is 9.59 Å². The van der Waals surface area contributed by atoms with Gasteiger partial charge in [0, 0.05) is 37.3 Å². The predicted molar refractivity (Wildman–Crippen MR) is 208 cm³/mol. The fourth-order valence-electron chi connectivity index (χ4n) is 8.06. The summed E-state index contributed by atoms with van der Waals surface area (Å²) in [6, 6.07) is 5.33. The number of carbonyl (C=O) groups excluding carboxylic acids is 4. The molecule has 2 fully saturated rings. The van der Waals surface area contributed by atoms with Crippen molar-refractivity contribution in [1.82, 2.24) is 40.4 Å². The highest BCUT2D eigenvalue weighted by Crippen LogP contribution is 2.38. The molecule has 3 aliphatic rings. The third kappa shape index (κ3) is 9.56. The number of imidazole rings is 2. The van der Waals surface area contributed by atoms with Gasteiger partial charge in [-0.05, 0) is 60.6 Å². The topological polar surface area (TPSA) is 175 Å². The summed E-state index contributed by atoms with van der Waals surface area (Å²) in [5.41, 5.74) is 4.69. The zero-order chi connectivity index (χ0) is 41.7. The lowest BCUT2D eigenvalue weighted by molar-refractivity contribution is -0.143. The first-order chi connectivity index (χ1) is 27.7. The lowest BCUT2D eigenvalue weighted by Crippen LogP contribution is -2.51. The van der Waals surface area contributed by atoms with Gasteiger partial charge in [-0.15, -0.1) is 0 Å². The highest BCUT2D eigenvalue weighted by Gasteiger charge is 2.40. The number of benzene rings is 1. The summed E-state index contributed by atoms with van der Waals surface area (Å²) in [5, 5.41) is 4.96. The van der Waals surface area contributed by atoms with Crippen LogP contribution in [-0.2, 0) is 19.1 Å². The highest BCUT2D eigenvalue weighted by atomic mass is 19.4. The SMILES string of the molecule is COC(=O)N[C@@H](CCC(F)(F)F)C(=O)N1CCC[C@H]1c1ncc(C2C=CC(c3ccc(-c4cnc([C@@H]5CCCN5C(=O)[C@@H](NC(=O)OC)C(C)C)[nH]4)cc3)=CC2C)[nH]1. The van der Waals surface area contributed by atoms with Gasteiger partial charge in [0.25, 0.3) is 0 Å². The van der Waals surface area contributed by atoms with Crippen molar-refractivity contribution in [1.29, 1.82) is 0 Å². The van der Waals surface area contributed by atoms with Gasteiger partial charge in [-0.2, -0.15) is 13.2 Å². The van der Waals surface area contributed by atoms with E-state index in [0.29, 0.717) is 37.6 Å². The number of alkyl carbamates (subject to hydrolysis) is 2. The molecule has 0 saturated carbocycles. The Balaban J connectivity index is 1.09. The number of alkyl halides is 3. The monoisotopic (exact) mass is 808 g/mol. The van der Waals surface area contributed by atoms with Crippen LogP contribution in [0.2, 0.25) is 0 Å². The van der Waals surface area contributed by atoms with E-state index in [9.17, 15) is 32.3 Å². The molecule has 2 aliphatic heterocycles. The summed E-state index contributed by atoms with van der Waals surface area (Å²) in [7, 11) is 2.36. The maximum absolute atomic E-state index is 13.5. The number of carbonyl (C=O) groups is 4. The van der Waals surface area contributed by atoms with Gasteiger partial charge in [-0.25, -0.2) is 19.6 Å². The summed E-state index contributed by atoms with van der Waals surface area (Å²) in [5.74, 6) is 0.384. The molecule has 0 spiro atoms. The summed E-state index contributed by atoms with van der Waals surface area (Å²) >= 11 is 0. The smallest absolute Gasteiger partial charge is 0.407 e. The molecule has 2 aromatic heterocycles. The van der Waals surface area contributed by atoms with Crippen LogP contribution in [0.4, 0.5) is 22.8 Å². The zero-order valence-corrected chi connectivity index (χ0v) is 33.3. The average Bonchev–Trinajstić information content (AvgIpc) is 4.04. The molecule has 0 radical (unpaired) electrons. The molecule has 2 unspecified atom stereocenters. The Hall–Kier alpha value is -5.61. The number of ether oxygens (including phenoxy) is 2. The van der Waals surface area contributed by atoms with E-state index in [-0.39, 0.29) is 29.7 Å². The number of halogens is 3. The Bertz CT molecular complexity index is 2010. The van der Waals surface area contributed by atoms with Crippen molar-refractivity contribution in [2.24, 2.45) is 11.8 Å². The molecule has 6 rings (SSSR count). The van der Waals surface area contributed by atoms with Gasteiger partial charge >= 0.3 is 18.4 Å². The Morgan fingerprint density at radius 1 is 0.862 bits per heavy atom. The van der Waals surface area contributed by atoms with Crippen LogP contribution in [0.5, 0.6) is 0 Å². The summed E-state index contributed by atoms with van der Waals surface area (Å²) in [4.78, 5) is 70.2. The Kier molecular flexibility index (Phi) is 13.0. The number of nitrogens with zero attached hydrogens (tertiary/aromatic N) is 4. The summed E-state index contributed by atoms with van der Waals surface area (Å²) in [6.07, 6.45) is 4.74. The van der Waals surface area contributed by atoms with E-state index in [1.165, 1.54) is 12.0 Å². The van der Waals surface area contributed by atoms with E-state index in [1.807, 2.05) is 38.1 Å². The predicted octanol–water partition coefficient (Wildman–Crippen LogP) is 6.95. The van der Waals surface area contributed by atoms with Crippen molar-refractivity contribution in [3.8, 4) is 11.3 Å². The van der Waals surface area contributed by atoms with E-state index in [0.717, 1.165) is 48.0 Å². The summed E-state index contributed by atoms with van der Waals surface area (Å²) in [6.45, 7) is 6.77. The van der Waals surface area contributed by atoms with Crippen molar-refractivity contribution in [2.75, 3.05) is 27.3 Å². The first-order valence-electron chi connectivity index (χ1n) is 19.6. The maximum Gasteiger partial charge on any atom is 0.407 e. The lowest BCUT2D eigenvalue weighted by atomic mass is 9.83. The van der Waals surface area contributed by atoms with E-state index in [2.05, 4.69) is 60.5 Å². The van der Waals surface area contributed by atoms with Crippen molar-refractivity contribution < 1.29 is 41.8 Å². The third-order valence-electron chi connectivity index (χ3n) is 11.2. The van der Waals surface area contributed by atoms with Crippen molar-refractivity contribution in [3.63, 3.8) is 0 Å². The number of H-pyrrole nitrogens is 2. The van der Waals surface area contributed by atoms with Crippen LogP contribution < -0.4 is 10.6 Å². The molecule has 0 bridgehead atoms. The number of allylic oxidation sites excluding steroid dienone is 4. The molecule has 6 atom stereocenters. The minimum Gasteiger partial charge on any atom is -0.453 e. The largest absolute Gasteiger partial charge is 0.453 e. The molecular weight excluding hydrogens is 757 g/mol. The van der Waals surface area contributed by atoms with Gasteiger partial charge in [-0.1, -0.05) is 63.3 Å². The standard InChI is InChI=1S/C41H51F3N8O6/c1-23(2)34(50-40(56)58-5)38(54)52-19-7-9-33(52)35-45-21-30(47-35)26-12-10-25(11-13-26)27-14-15-28(24(3)20-27)31-22-46-36(48-31)32-8-6-18-51(32)37(53)29(49-39(55)57-4)16-17-41(42,43)44/h10-15,20-24,28-29,32-34H,6-9,16-19H2,1-5H3,(H,45,47)(H,46,48)(H,49,55)(H,50,56)/t24?,28?,29-,32-,33-,34-/m0/s1. The molecule has 4 amide bonds. The maximum atomic E-state index is 13.5. The number of aromatic nitrogens is 4. The van der Waals surface area contributed by atoms with Crippen molar-refractivity contribution >= 4 is 29.6 Å². The van der Waals surface area contributed by atoms with Crippen LogP contribution in [-0.4, -0.2) is 99.3 Å². The van der Waals surface area contributed by atoms with E-state index < -0.39 is 55.2 Å². The van der Waals surface area contributed by atoms with Crippen LogP contribution in [0.25, 0.3) is 16.8 Å². The van der Waals surface area contributed by atoms with Crippen LogP contribution in [0.15, 0.2) is 54.9 Å². The molecule has 1 aromatic carbocycles. The first kappa shape index (κ1) is 42.0. The number of rotatable bonds is 12. The molecule has 17 heteroatoms. The van der Waals surface area contributed by atoms with Crippen LogP contribution in [0.1, 0.15) is 100 Å². The Labute approximate surface area is 335 Å². The minimum atomic E-state index is -4.49. The number of hydrogen-bond acceptors (Lipinski definition) is 8. The Morgan fingerprint density at radius 2 is 1.45 bits per heavy atom. The fourth-order valence-corrected chi connectivity index (χ4v) is 8.06. The third-order valence-corrected chi connectivity index (χ3v) is 11.2. The number of aromatic amines is 2. The van der Waals surface area contributed by atoms with Crippen LogP contribution in [0, 0.1) is 11.8 Å². The second-order valence-electron chi connectivity index (χ2n) is 15.4. The minimum absolute atomic E-state index is 0.0344. The van der Waals surface area contributed by atoms with E-state index >= 15 is 0 Å². The number of likely N-dealkylation sites (tertiary alicyclic amines) is 2. The number of amides is 4. The number of methoxy groups -OCH3 is 2. The zero-order valence-electron chi connectivity index (χ0n) is 33.3. The van der Waals surface area contributed by atoms with Crippen LogP contribution in [0.3, 0.4) is 0 Å².